The van der Waals surface area contributed by atoms with Crippen LogP contribution in [0.15, 0.2) is 18.2 Å². The van der Waals surface area contributed by atoms with E-state index in [9.17, 15) is 9.18 Å². The Hall–Kier alpha value is -1.86. The zero-order valence-corrected chi connectivity index (χ0v) is 12.6. The molecule has 3 nitrogen and oxygen atoms in total. The lowest BCUT2D eigenvalue weighted by Crippen LogP contribution is -2.22. The summed E-state index contributed by atoms with van der Waals surface area (Å²) in [6.45, 7) is 3.77. The first kappa shape index (κ1) is 17.2. The molecule has 114 valence electrons. The van der Waals surface area contributed by atoms with Crippen molar-refractivity contribution in [2.75, 3.05) is 11.9 Å². The highest BCUT2D eigenvalue weighted by atomic mass is 19.1. The molecule has 1 unspecified atom stereocenters. The van der Waals surface area contributed by atoms with E-state index in [1.165, 1.54) is 18.2 Å². The van der Waals surface area contributed by atoms with E-state index in [-0.39, 0.29) is 18.4 Å². The largest absolute Gasteiger partial charge is 0.384 e. The molecule has 21 heavy (non-hydrogen) atoms. The molecule has 1 aromatic rings. The second kappa shape index (κ2) is 9.15. The van der Waals surface area contributed by atoms with Crippen LogP contribution in [-0.2, 0) is 4.79 Å². The second-order valence-electron chi connectivity index (χ2n) is 4.89. The molecule has 1 amide bonds. The minimum Gasteiger partial charge on any atom is -0.384 e. The zero-order chi connectivity index (χ0) is 15.7. The molecule has 0 radical (unpaired) electrons. The third-order valence-corrected chi connectivity index (χ3v) is 3.31. The number of benzene rings is 1. The normalized spacial score (nSPS) is 11.4. The average Bonchev–Trinajstić information content (AvgIpc) is 2.48. The Kier molecular flexibility index (Phi) is 7.49. The molecule has 0 heterocycles. The van der Waals surface area contributed by atoms with Crippen molar-refractivity contribution in [1.29, 1.82) is 0 Å². The van der Waals surface area contributed by atoms with Crippen LogP contribution in [0.4, 0.5) is 10.1 Å². The maximum absolute atomic E-state index is 13.3. The fraction of sp³-hybridized carbons (Fsp3) is 0.471. The third kappa shape index (κ3) is 5.57. The summed E-state index contributed by atoms with van der Waals surface area (Å²) in [6.07, 6.45) is 3.67. The standard InChI is InChI=1S/C17H22FNO2/c1-3-5-7-13(4-2)17(21)19-16-10-9-15(18)12-14(16)8-6-11-20/h9-10,12-13,20H,3-5,7,11H2,1-2H3,(H,19,21). The topological polar surface area (TPSA) is 49.3 Å². The first-order valence-corrected chi connectivity index (χ1v) is 7.32. The van der Waals surface area contributed by atoms with Crippen molar-refractivity contribution < 1.29 is 14.3 Å². The Morgan fingerprint density at radius 2 is 2.19 bits per heavy atom. The molecule has 0 saturated carbocycles. The number of aliphatic hydroxyl groups is 1. The number of hydrogen-bond donors (Lipinski definition) is 2. The van der Waals surface area contributed by atoms with E-state index in [2.05, 4.69) is 24.1 Å². The fourth-order valence-corrected chi connectivity index (χ4v) is 2.07. The Morgan fingerprint density at radius 3 is 2.81 bits per heavy atom. The monoisotopic (exact) mass is 291 g/mol. The molecule has 0 bridgehead atoms. The van der Waals surface area contributed by atoms with Gasteiger partial charge in [0.1, 0.15) is 12.4 Å². The van der Waals surface area contributed by atoms with Crippen LogP contribution >= 0.6 is 0 Å². The van der Waals surface area contributed by atoms with Crippen LogP contribution in [0, 0.1) is 23.6 Å². The molecule has 0 saturated heterocycles. The number of halogens is 1. The number of hydrogen-bond acceptors (Lipinski definition) is 2. The average molecular weight is 291 g/mol. The molecule has 4 heteroatoms. The van der Waals surface area contributed by atoms with Crippen molar-refractivity contribution in [2.24, 2.45) is 5.92 Å². The summed E-state index contributed by atoms with van der Waals surface area (Å²) in [6, 6.07) is 4.04. The van der Waals surface area contributed by atoms with Crippen LogP contribution < -0.4 is 5.32 Å². The van der Waals surface area contributed by atoms with Crippen LogP contribution in [0.3, 0.4) is 0 Å². The number of amides is 1. The van der Waals surface area contributed by atoms with E-state index in [1.54, 1.807) is 0 Å². The van der Waals surface area contributed by atoms with Crippen LogP contribution in [-0.4, -0.2) is 17.6 Å². The Labute approximate surface area is 125 Å². The van der Waals surface area contributed by atoms with Crippen molar-refractivity contribution in [3.63, 3.8) is 0 Å². The quantitative estimate of drug-likeness (QED) is 0.790. The number of aliphatic hydroxyl groups excluding tert-OH is 1. The smallest absolute Gasteiger partial charge is 0.227 e. The number of anilines is 1. The van der Waals surface area contributed by atoms with Gasteiger partial charge in [0.15, 0.2) is 0 Å². The molecule has 1 aromatic carbocycles. The van der Waals surface area contributed by atoms with E-state index < -0.39 is 5.82 Å². The summed E-state index contributed by atoms with van der Waals surface area (Å²) >= 11 is 0. The molecule has 0 spiro atoms. The van der Waals surface area contributed by atoms with Crippen molar-refractivity contribution in [3.05, 3.63) is 29.6 Å². The second-order valence-corrected chi connectivity index (χ2v) is 4.89. The molecule has 0 aliphatic heterocycles. The van der Waals surface area contributed by atoms with Crippen LogP contribution in [0.5, 0.6) is 0 Å². The van der Waals surface area contributed by atoms with Crippen molar-refractivity contribution in [1.82, 2.24) is 0 Å². The highest BCUT2D eigenvalue weighted by Gasteiger charge is 2.17. The first-order chi connectivity index (χ1) is 10.1. The van der Waals surface area contributed by atoms with E-state index in [0.717, 1.165) is 25.7 Å². The van der Waals surface area contributed by atoms with Crippen molar-refractivity contribution in [3.8, 4) is 11.8 Å². The summed E-state index contributed by atoms with van der Waals surface area (Å²) in [5.74, 6) is 4.59. The first-order valence-electron chi connectivity index (χ1n) is 7.32. The van der Waals surface area contributed by atoms with Gasteiger partial charge in [-0.05, 0) is 31.0 Å². The van der Waals surface area contributed by atoms with Gasteiger partial charge in [0.25, 0.3) is 0 Å². The van der Waals surface area contributed by atoms with E-state index in [1.807, 2.05) is 6.92 Å². The highest BCUT2D eigenvalue weighted by Crippen LogP contribution is 2.20. The Morgan fingerprint density at radius 1 is 1.43 bits per heavy atom. The van der Waals surface area contributed by atoms with E-state index >= 15 is 0 Å². The van der Waals surface area contributed by atoms with Gasteiger partial charge >= 0.3 is 0 Å². The van der Waals surface area contributed by atoms with Crippen LogP contribution in [0.25, 0.3) is 0 Å². The van der Waals surface area contributed by atoms with Gasteiger partial charge in [-0.1, -0.05) is 38.5 Å². The summed E-state index contributed by atoms with van der Waals surface area (Å²) in [5.41, 5.74) is 0.861. The lowest BCUT2D eigenvalue weighted by molar-refractivity contribution is -0.120. The number of carbonyl (C=O) groups excluding carboxylic acids is 1. The van der Waals surface area contributed by atoms with Crippen molar-refractivity contribution >= 4 is 11.6 Å². The van der Waals surface area contributed by atoms with Crippen molar-refractivity contribution in [2.45, 2.75) is 39.5 Å². The SMILES string of the molecule is CCCCC(CC)C(=O)Nc1ccc(F)cc1C#CCO. The van der Waals surface area contributed by atoms with Gasteiger partial charge in [-0.25, -0.2) is 4.39 Å². The van der Waals surface area contributed by atoms with Gasteiger partial charge in [0.2, 0.25) is 5.91 Å². The number of carbonyl (C=O) groups is 1. The summed E-state index contributed by atoms with van der Waals surface area (Å²) in [4.78, 5) is 12.3. The van der Waals surface area contributed by atoms with E-state index in [4.69, 9.17) is 5.11 Å². The van der Waals surface area contributed by atoms with Gasteiger partial charge in [0, 0.05) is 5.92 Å². The fourth-order valence-electron chi connectivity index (χ4n) is 2.07. The summed E-state index contributed by atoms with van der Waals surface area (Å²) in [7, 11) is 0. The maximum atomic E-state index is 13.3. The Balaban J connectivity index is 2.88. The minimum absolute atomic E-state index is 0.0475. The van der Waals surface area contributed by atoms with Gasteiger partial charge < -0.3 is 10.4 Å². The predicted octanol–water partition coefficient (Wildman–Crippen LogP) is 3.32. The lowest BCUT2D eigenvalue weighted by Gasteiger charge is -2.15. The highest BCUT2D eigenvalue weighted by molar-refractivity contribution is 5.93. The number of nitrogens with one attached hydrogen (secondary N) is 1. The molecule has 2 N–H and O–H groups in total. The molecular formula is C17H22FNO2. The molecular weight excluding hydrogens is 269 g/mol. The van der Waals surface area contributed by atoms with E-state index in [0.29, 0.717) is 11.3 Å². The van der Waals surface area contributed by atoms with Gasteiger partial charge in [0.05, 0.1) is 11.3 Å². The Bertz CT molecular complexity index is 531. The summed E-state index contributed by atoms with van der Waals surface area (Å²) < 4.78 is 13.3. The predicted molar refractivity (Wildman–Crippen MR) is 82.3 cm³/mol. The third-order valence-electron chi connectivity index (χ3n) is 3.31. The maximum Gasteiger partial charge on any atom is 0.227 e. The molecule has 0 fully saturated rings. The van der Waals surface area contributed by atoms with Gasteiger partial charge in [-0.3, -0.25) is 4.79 Å². The summed E-state index contributed by atoms with van der Waals surface area (Å²) in [5, 5.41) is 11.6. The number of unbranched alkanes of at least 4 members (excludes halogenated alkanes) is 1. The minimum atomic E-state index is -0.423. The molecule has 0 aliphatic carbocycles. The number of rotatable bonds is 6. The molecule has 0 aliphatic rings. The molecule has 0 aromatic heterocycles. The molecule has 1 rings (SSSR count). The zero-order valence-electron chi connectivity index (χ0n) is 12.6. The lowest BCUT2D eigenvalue weighted by atomic mass is 9.98. The van der Waals surface area contributed by atoms with Crippen LogP contribution in [0.2, 0.25) is 0 Å². The van der Waals surface area contributed by atoms with Gasteiger partial charge in [-0.15, -0.1) is 0 Å². The molecule has 1 atom stereocenters. The van der Waals surface area contributed by atoms with Gasteiger partial charge in [-0.2, -0.15) is 0 Å². The van der Waals surface area contributed by atoms with Crippen LogP contribution in [0.1, 0.15) is 45.1 Å².